The average Bonchev–Trinajstić information content (AvgIpc) is 3.17. The molecule has 1 aromatic rings. The van der Waals surface area contributed by atoms with E-state index in [4.69, 9.17) is 9.90 Å². The fourth-order valence-electron chi connectivity index (χ4n) is 3.95. The quantitative estimate of drug-likeness (QED) is 0.620. The largest absolute Gasteiger partial charge is 0.490 e. The van der Waals surface area contributed by atoms with Gasteiger partial charge in [-0.3, -0.25) is 19.3 Å². The van der Waals surface area contributed by atoms with Crippen molar-refractivity contribution in [3.63, 3.8) is 0 Å². The van der Waals surface area contributed by atoms with Crippen molar-refractivity contribution < 1.29 is 37.5 Å². The number of aryl methyl sites for hydroxylation is 1. The number of carboxylic acids is 1. The van der Waals surface area contributed by atoms with Crippen molar-refractivity contribution in [3.8, 4) is 0 Å². The zero-order valence-electron chi connectivity index (χ0n) is 19.1. The lowest BCUT2D eigenvalue weighted by Gasteiger charge is -2.52. The molecule has 34 heavy (non-hydrogen) atoms. The van der Waals surface area contributed by atoms with E-state index < -0.39 is 17.7 Å². The molecule has 190 valence electrons. The first kappa shape index (κ1) is 27.5. The zero-order valence-corrected chi connectivity index (χ0v) is 20.0. The summed E-state index contributed by atoms with van der Waals surface area (Å²) in [5.74, 6) is -2.94. The van der Waals surface area contributed by atoms with Gasteiger partial charge in [0.2, 0.25) is 17.7 Å². The number of rotatable bonds is 4. The first-order valence-corrected chi connectivity index (χ1v) is 11.4. The number of aliphatic carboxylic acids is 1. The molecule has 0 unspecified atom stereocenters. The van der Waals surface area contributed by atoms with Crippen LogP contribution in [0.3, 0.4) is 0 Å². The van der Waals surface area contributed by atoms with E-state index in [1.165, 1.54) is 6.92 Å². The predicted octanol–water partition coefficient (Wildman–Crippen LogP) is 0.856. The second kappa shape index (κ2) is 11.1. The number of thiazole rings is 1. The van der Waals surface area contributed by atoms with Gasteiger partial charge < -0.3 is 20.2 Å². The molecule has 0 aliphatic carbocycles. The van der Waals surface area contributed by atoms with E-state index in [1.54, 1.807) is 21.1 Å². The van der Waals surface area contributed by atoms with E-state index >= 15 is 0 Å². The number of nitrogens with one attached hydrogen (secondary N) is 1. The van der Waals surface area contributed by atoms with Crippen LogP contribution in [0.25, 0.3) is 0 Å². The number of piperazine rings is 1. The molecule has 0 atom stereocenters. The highest BCUT2D eigenvalue weighted by molar-refractivity contribution is 7.09. The maximum Gasteiger partial charge on any atom is 0.490 e. The number of likely N-dealkylation sites (N-methyl/N-ethyl adjacent to an activating group) is 1. The Labute approximate surface area is 198 Å². The van der Waals surface area contributed by atoms with Crippen molar-refractivity contribution in [3.05, 3.63) is 16.1 Å². The molecule has 14 heteroatoms. The maximum atomic E-state index is 13.1. The standard InChI is InChI=1S/C18H27N5O3S.C2HF3O2/c1-13(24)19-10-16(25)22-6-4-18(5-7-22)17(26)21(3)8-9-23(18)11-15-12-27-14(2)20-15;3-2(4,5)1(6)7/h12H,4-11H2,1-3H3,(H,19,24);(H,6,7). The summed E-state index contributed by atoms with van der Waals surface area (Å²) < 4.78 is 31.7. The topological polar surface area (TPSA) is 123 Å². The molecule has 10 nitrogen and oxygen atoms in total. The number of nitrogens with zero attached hydrogens (tertiary/aromatic N) is 4. The first-order chi connectivity index (χ1) is 15.8. The van der Waals surface area contributed by atoms with E-state index in [-0.39, 0.29) is 24.3 Å². The predicted molar refractivity (Wildman–Crippen MR) is 116 cm³/mol. The summed E-state index contributed by atoms with van der Waals surface area (Å²) in [7, 11) is 1.85. The molecule has 0 radical (unpaired) electrons. The molecule has 0 aromatic carbocycles. The Hall–Kier alpha value is -2.74. The van der Waals surface area contributed by atoms with Gasteiger partial charge in [-0.1, -0.05) is 0 Å². The van der Waals surface area contributed by atoms with Crippen molar-refractivity contribution in [1.82, 2.24) is 25.0 Å². The van der Waals surface area contributed by atoms with Crippen LogP contribution in [0.1, 0.15) is 30.5 Å². The fraction of sp³-hybridized carbons (Fsp3) is 0.650. The number of amides is 3. The van der Waals surface area contributed by atoms with Crippen LogP contribution in [-0.2, 0) is 25.7 Å². The van der Waals surface area contributed by atoms with Crippen LogP contribution >= 0.6 is 11.3 Å². The monoisotopic (exact) mass is 507 g/mol. The van der Waals surface area contributed by atoms with Crippen molar-refractivity contribution in [1.29, 1.82) is 0 Å². The van der Waals surface area contributed by atoms with Gasteiger partial charge in [0.1, 0.15) is 5.54 Å². The third-order valence-corrected chi connectivity index (χ3v) is 6.57. The van der Waals surface area contributed by atoms with Gasteiger partial charge >= 0.3 is 12.1 Å². The summed E-state index contributed by atoms with van der Waals surface area (Å²) in [6.07, 6.45) is -3.88. The Bertz CT molecular complexity index is 915. The number of hydrogen-bond acceptors (Lipinski definition) is 7. The van der Waals surface area contributed by atoms with Gasteiger partial charge in [0.15, 0.2) is 0 Å². The maximum absolute atomic E-state index is 13.1. The Morgan fingerprint density at radius 2 is 1.79 bits per heavy atom. The number of aromatic nitrogens is 1. The van der Waals surface area contributed by atoms with Crippen LogP contribution in [0.15, 0.2) is 5.38 Å². The highest BCUT2D eigenvalue weighted by Crippen LogP contribution is 2.34. The first-order valence-electron chi connectivity index (χ1n) is 10.5. The van der Waals surface area contributed by atoms with Gasteiger partial charge in [0, 0.05) is 52.1 Å². The normalized spacial score (nSPS) is 18.4. The van der Waals surface area contributed by atoms with Crippen molar-refractivity contribution >= 4 is 35.0 Å². The summed E-state index contributed by atoms with van der Waals surface area (Å²) in [6.45, 7) is 6.59. The molecule has 2 saturated heterocycles. The highest BCUT2D eigenvalue weighted by Gasteiger charge is 2.50. The molecule has 2 fully saturated rings. The zero-order chi connectivity index (χ0) is 25.7. The minimum absolute atomic E-state index is 0.0119. The van der Waals surface area contributed by atoms with Crippen LogP contribution in [-0.4, -0.2) is 100.0 Å². The van der Waals surface area contributed by atoms with Crippen molar-refractivity contribution in [2.45, 2.75) is 44.9 Å². The lowest BCUT2D eigenvalue weighted by atomic mass is 9.82. The highest BCUT2D eigenvalue weighted by atomic mass is 32.1. The summed E-state index contributed by atoms with van der Waals surface area (Å²) in [6, 6.07) is 0. The van der Waals surface area contributed by atoms with Gasteiger partial charge in [-0.15, -0.1) is 11.3 Å². The van der Waals surface area contributed by atoms with Gasteiger partial charge in [-0.25, -0.2) is 9.78 Å². The Balaban J connectivity index is 0.000000509. The third-order valence-electron chi connectivity index (χ3n) is 5.75. The van der Waals surface area contributed by atoms with Gasteiger partial charge in [-0.05, 0) is 19.8 Å². The summed E-state index contributed by atoms with van der Waals surface area (Å²) >= 11 is 1.62. The number of hydrogen-bond donors (Lipinski definition) is 2. The summed E-state index contributed by atoms with van der Waals surface area (Å²) in [5.41, 5.74) is 0.424. The number of alkyl halides is 3. The Morgan fingerprint density at radius 3 is 2.26 bits per heavy atom. The smallest absolute Gasteiger partial charge is 0.475 e. The number of carbonyl (C=O) groups is 4. The summed E-state index contributed by atoms with van der Waals surface area (Å²) in [5, 5.41) is 12.8. The van der Waals surface area contributed by atoms with Crippen molar-refractivity contribution in [2.75, 3.05) is 39.8 Å². The molecule has 3 amide bonds. The molecule has 1 aromatic heterocycles. The number of likely N-dealkylation sites (tertiary alicyclic amines) is 1. The summed E-state index contributed by atoms with van der Waals surface area (Å²) in [4.78, 5) is 55.7. The van der Waals surface area contributed by atoms with Gasteiger partial charge in [0.25, 0.3) is 0 Å². The third kappa shape index (κ3) is 6.88. The van der Waals surface area contributed by atoms with Crippen molar-refractivity contribution in [2.24, 2.45) is 0 Å². The molecule has 1 spiro atoms. The lowest BCUT2D eigenvalue weighted by molar-refractivity contribution is -0.192. The molecule has 2 aliphatic heterocycles. The minimum Gasteiger partial charge on any atom is -0.475 e. The van der Waals surface area contributed by atoms with E-state index in [0.29, 0.717) is 39.0 Å². The average molecular weight is 508 g/mol. The second-order valence-electron chi connectivity index (χ2n) is 8.13. The SMILES string of the molecule is CC(=O)NCC(=O)N1CCC2(CC1)C(=O)N(C)CCN2Cc1csc(C)n1.O=C(O)C(F)(F)F. The molecule has 0 bridgehead atoms. The number of carbonyl (C=O) groups excluding carboxylic acids is 3. The molecule has 0 saturated carbocycles. The lowest BCUT2D eigenvalue weighted by Crippen LogP contribution is -2.68. The van der Waals surface area contributed by atoms with E-state index in [1.807, 2.05) is 14.0 Å². The van der Waals surface area contributed by atoms with E-state index in [0.717, 1.165) is 17.2 Å². The minimum atomic E-state index is -5.08. The van der Waals surface area contributed by atoms with Crippen LogP contribution in [0.2, 0.25) is 0 Å². The Kier molecular flexibility index (Phi) is 9.00. The van der Waals surface area contributed by atoms with Gasteiger partial charge in [0.05, 0.1) is 17.2 Å². The van der Waals surface area contributed by atoms with Gasteiger partial charge in [-0.2, -0.15) is 13.2 Å². The molecular weight excluding hydrogens is 479 g/mol. The number of carboxylic acid groups (broad SMARTS) is 1. The van der Waals surface area contributed by atoms with Crippen LogP contribution < -0.4 is 5.32 Å². The molecule has 3 rings (SSSR count). The molecule has 3 heterocycles. The van der Waals surface area contributed by atoms with Crippen LogP contribution in [0.5, 0.6) is 0 Å². The second-order valence-corrected chi connectivity index (χ2v) is 9.19. The van der Waals surface area contributed by atoms with Crippen LogP contribution in [0.4, 0.5) is 13.2 Å². The number of piperidine rings is 1. The molecule has 2 N–H and O–H groups in total. The fourth-order valence-corrected chi connectivity index (χ4v) is 4.56. The van der Waals surface area contributed by atoms with E-state index in [2.05, 4.69) is 20.6 Å². The van der Waals surface area contributed by atoms with Crippen LogP contribution in [0, 0.1) is 6.92 Å². The molecular formula is C20H28F3N5O5S. The molecule has 2 aliphatic rings. The number of halogens is 3. The Morgan fingerprint density at radius 1 is 1.21 bits per heavy atom. The van der Waals surface area contributed by atoms with E-state index in [9.17, 15) is 27.6 Å².